The van der Waals surface area contributed by atoms with Crippen molar-refractivity contribution in [2.24, 2.45) is 0 Å². The van der Waals surface area contributed by atoms with Crippen LogP contribution in [-0.2, 0) is 32.6 Å². The highest BCUT2D eigenvalue weighted by molar-refractivity contribution is 7.92. The van der Waals surface area contributed by atoms with E-state index >= 15 is 0 Å². The van der Waals surface area contributed by atoms with Gasteiger partial charge < -0.3 is 10.2 Å². The fraction of sp³-hybridized carbons (Fsp3) is 0.278. The molecule has 1 aliphatic carbocycles. The van der Waals surface area contributed by atoms with Crippen LogP contribution in [0.2, 0.25) is 10.0 Å². The van der Waals surface area contributed by atoms with Gasteiger partial charge in [0.1, 0.15) is 12.6 Å². The number of carbonyl (C=O) groups excluding carboxylic acids is 2. The lowest BCUT2D eigenvalue weighted by Gasteiger charge is -2.34. The van der Waals surface area contributed by atoms with Gasteiger partial charge in [-0.25, -0.2) is 8.42 Å². The third kappa shape index (κ3) is 8.29. The first kappa shape index (κ1) is 33.5. The Balaban J connectivity index is 1.58. The fourth-order valence-electron chi connectivity index (χ4n) is 5.79. The van der Waals surface area contributed by atoms with Crippen LogP contribution in [0.4, 0.5) is 5.69 Å². The molecule has 0 aromatic heterocycles. The van der Waals surface area contributed by atoms with Crippen molar-refractivity contribution in [3.8, 4) is 0 Å². The number of benzene rings is 4. The van der Waals surface area contributed by atoms with Gasteiger partial charge in [-0.15, -0.1) is 0 Å². The van der Waals surface area contributed by atoms with Crippen LogP contribution in [0.15, 0.2) is 108 Å². The van der Waals surface area contributed by atoms with E-state index < -0.39 is 28.5 Å². The van der Waals surface area contributed by atoms with Crippen molar-refractivity contribution in [1.29, 1.82) is 0 Å². The van der Waals surface area contributed by atoms with Crippen molar-refractivity contribution in [2.45, 2.75) is 62.6 Å². The Morgan fingerprint density at radius 2 is 1.43 bits per heavy atom. The van der Waals surface area contributed by atoms with Crippen molar-refractivity contribution in [3.63, 3.8) is 0 Å². The van der Waals surface area contributed by atoms with Crippen LogP contribution in [0, 0.1) is 6.92 Å². The van der Waals surface area contributed by atoms with Crippen LogP contribution >= 0.6 is 23.2 Å². The Hall–Kier alpha value is -3.85. The molecule has 1 aliphatic rings. The van der Waals surface area contributed by atoms with Crippen molar-refractivity contribution in [2.75, 3.05) is 10.8 Å². The molecule has 1 fully saturated rings. The highest BCUT2D eigenvalue weighted by Gasteiger charge is 2.36. The summed E-state index contributed by atoms with van der Waals surface area (Å²) in [4.78, 5) is 30.2. The van der Waals surface area contributed by atoms with Crippen LogP contribution in [0.25, 0.3) is 0 Å². The number of nitrogens with one attached hydrogen (secondary N) is 1. The molecule has 4 aromatic rings. The predicted molar refractivity (Wildman–Crippen MR) is 183 cm³/mol. The van der Waals surface area contributed by atoms with E-state index in [-0.39, 0.29) is 35.5 Å². The maximum Gasteiger partial charge on any atom is 0.264 e. The molecular formula is C36H37Cl2N3O4S. The predicted octanol–water partition coefficient (Wildman–Crippen LogP) is 7.20. The zero-order chi connectivity index (χ0) is 32.7. The van der Waals surface area contributed by atoms with Gasteiger partial charge in [-0.05, 0) is 72.9 Å². The summed E-state index contributed by atoms with van der Waals surface area (Å²) in [5.74, 6) is -0.800. The molecule has 2 amide bonds. The number of sulfonamides is 1. The highest BCUT2D eigenvalue weighted by Crippen LogP contribution is 2.30. The molecule has 0 bridgehead atoms. The third-order valence-electron chi connectivity index (χ3n) is 8.29. The Morgan fingerprint density at radius 3 is 2.09 bits per heavy atom. The van der Waals surface area contributed by atoms with Gasteiger partial charge >= 0.3 is 0 Å². The largest absolute Gasteiger partial charge is 0.352 e. The molecule has 5 rings (SSSR count). The van der Waals surface area contributed by atoms with E-state index in [2.05, 4.69) is 5.32 Å². The van der Waals surface area contributed by atoms with Gasteiger partial charge in [0.15, 0.2) is 0 Å². The van der Waals surface area contributed by atoms with Crippen LogP contribution in [0.5, 0.6) is 0 Å². The molecule has 0 aliphatic heterocycles. The smallest absolute Gasteiger partial charge is 0.264 e. The summed E-state index contributed by atoms with van der Waals surface area (Å²) in [5, 5.41) is 4.05. The SMILES string of the molecule is Cc1ccc(Cl)cc1N(CC(=O)N(Cc1ccc(Cl)cc1)[C@@H](Cc1ccccc1)C(=O)NC1CCCC1)S(=O)(=O)c1ccccc1. The number of hydrogen-bond acceptors (Lipinski definition) is 4. The van der Waals surface area contributed by atoms with E-state index in [0.717, 1.165) is 41.1 Å². The first-order valence-electron chi connectivity index (χ1n) is 15.3. The molecule has 0 spiro atoms. The Labute approximate surface area is 281 Å². The van der Waals surface area contributed by atoms with Crippen LogP contribution in [0.3, 0.4) is 0 Å². The number of amides is 2. The van der Waals surface area contributed by atoms with Crippen molar-refractivity contribution in [3.05, 3.63) is 130 Å². The topological polar surface area (TPSA) is 86.8 Å². The standard InChI is InChI=1S/C36H37Cl2N3O4S/c1-26-16-19-30(38)23-33(26)41(46(44,45)32-14-6-3-7-15-32)25-35(42)40(24-28-17-20-29(37)21-18-28)34(22-27-10-4-2-5-11-27)36(43)39-31-12-8-9-13-31/h2-7,10-11,14-21,23,31,34H,8-9,12-13,22,24-25H2,1H3,(H,39,43)/t34-/m0/s1. The molecule has 46 heavy (non-hydrogen) atoms. The Bertz CT molecular complexity index is 1750. The van der Waals surface area contributed by atoms with E-state index in [9.17, 15) is 18.0 Å². The van der Waals surface area contributed by atoms with E-state index in [0.29, 0.717) is 15.6 Å². The second-order valence-corrected chi connectivity index (χ2v) is 14.3. The molecule has 0 unspecified atom stereocenters. The minimum absolute atomic E-state index is 0.0299. The minimum atomic E-state index is -4.21. The van der Waals surface area contributed by atoms with Gasteiger partial charge in [0.25, 0.3) is 10.0 Å². The number of hydrogen-bond donors (Lipinski definition) is 1. The molecule has 10 heteroatoms. The average molecular weight is 679 g/mol. The summed E-state index contributed by atoms with van der Waals surface area (Å²) in [5.41, 5.74) is 2.54. The average Bonchev–Trinajstić information content (AvgIpc) is 3.57. The summed E-state index contributed by atoms with van der Waals surface area (Å²) in [6, 6.07) is 28.6. The summed E-state index contributed by atoms with van der Waals surface area (Å²) in [6.45, 7) is 1.29. The summed E-state index contributed by atoms with van der Waals surface area (Å²) < 4.78 is 29.5. The van der Waals surface area contributed by atoms with Crippen LogP contribution in [-0.4, -0.2) is 43.8 Å². The van der Waals surface area contributed by atoms with Gasteiger partial charge in [-0.2, -0.15) is 0 Å². The molecule has 240 valence electrons. The first-order chi connectivity index (χ1) is 22.1. The Morgan fingerprint density at radius 1 is 0.826 bits per heavy atom. The number of rotatable bonds is 12. The molecule has 0 saturated heterocycles. The summed E-state index contributed by atoms with van der Waals surface area (Å²) in [6.07, 6.45) is 4.08. The van der Waals surface area contributed by atoms with Crippen molar-refractivity contribution in [1.82, 2.24) is 10.2 Å². The maximum absolute atomic E-state index is 14.6. The molecule has 7 nitrogen and oxygen atoms in total. The zero-order valence-electron chi connectivity index (χ0n) is 25.6. The quantitative estimate of drug-likeness (QED) is 0.172. The molecule has 4 aromatic carbocycles. The van der Waals surface area contributed by atoms with E-state index in [4.69, 9.17) is 23.2 Å². The third-order valence-corrected chi connectivity index (χ3v) is 10.5. The van der Waals surface area contributed by atoms with Crippen molar-refractivity contribution < 1.29 is 18.0 Å². The number of nitrogens with zero attached hydrogens (tertiary/aromatic N) is 2. The lowest BCUT2D eigenvalue weighted by Crippen LogP contribution is -2.54. The van der Waals surface area contributed by atoms with Crippen LogP contribution in [0.1, 0.15) is 42.4 Å². The maximum atomic E-state index is 14.6. The van der Waals surface area contributed by atoms with Gasteiger partial charge in [0.2, 0.25) is 11.8 Å². The minimum Gasteiger partial charge on any atom is -0.352 e. The second-order valence-electron chi connectivity index (χ2n) is 11.6. The van der Waals surface area contributed by atoms with Gasteiger partial charge in [0.05, 0.1) is 10.6 Å². The monoisotopic (exact) mass is 677 g/mol. The van der Waals surface area contributed by atoms with E-state index in [1.807, 2.05) is 30.3 Å². The molecule has 1 N–H and O–H groups in total. The lowest BCUT2D eigenvalue weighted by molar-refractivity contribution is -0.140. The number of aryl methyl sites for hydroxylation is 1. The summed E-state index contributed by atoms with van der Waals surface area (Å²) >= 11 is 12.5. The first-order valence-corrected chi connectivity index (χ1v) is 17.5. The van der Waals surface area contributed by atoms with Gasteiger partial charge in [0, 0.05) is 29.1 Å². The van der Waals surface area contributed by atoms with E-state index in [1.54, 1.807) is 67.6 Å². The lowest BCUT2D eigenvalue weighted by atomic mass is 10.0. The second kappa shape index (κ2) is 15.2. The van der Waals surface area contributed by atoms with Gasteiger partial charge in [-0.3, -0.25) is 13.9 Å². The zero-order valence-corrected chi connectivity index (χ0v) is 27.9. The fourth-order valence-corrected chi connectivity index (χ4v) is 7.58. The number of halogens is 2. The number of carbonyl (C=O) groups is 2. The molecule has 0 radical (unpaired) electrons. The van der Waals surface area contributed by atoms with Crippen LogP contribution < -0.4 is 9.62 Å². The Kier molecular flexibility index (Phi) is 11.0. The molecule has 1 atom stereocenters. The van der Waals surface area contributed by atoms with Gasteiger partial charge in [-0.1, -0.05) is 103 Å². The molecular weight excluding hydrogens is 641 g/mol. The highest BCUT2D eigenvalue weighted by atomic mass is 35.5. The number of anilines is 1. The van der Waals surface area contributed by atoms with E-state index in [1.165, 1.54) is 17.0 Å². The summed E-state index contributed by atoms with van der Waals surface area (Å²) in [7, 11) is -4.21. The molecule has 0 heterocycles. The normalized spacial score (nSPS) is 14.1. The molecule has 1 saturated carbocycles. The van der Waals surface area contributed by atoms with Crippen molar-refractivity contribution >= 4 is 50.7 Å².